The number of hydrazone groups is 1. The van der Waals surface area contributed by atoms with Crippen molar-refractivity contribution in [2.45, 2.75) is 5.16 Å². The van der Waals surface area contributed by atoms with E-state index in [-0.39, 0.29) is 17.2 Å². The number of hydrogen-bond acceptors (Lipinski definition) is 8. The minimum absolute atomic E-state index is 0.0478. The molecule has 4 rings (SSSR count). The van der Waals surface area contributed by atoms with Gasteiger partial charge < -0.3 is 14.6 Å². The summed E-state index contributed by atoms with van der Waals surface area (Å²) in [6.45, 7) is 0. The third-order valence-electron chi connectivity index (χ3n) is 5.21. The van der Waals surface area contributed by atoms with Crippen LogP contribution in [-0.2, 0) is 4.79 Å². The molecule has 0 unspecified atom stereocenters. The van der Waals surface area contributed by atoms with Gasteiger partial charge in [0.1, 0.15) is 11.5 Å². The lowest BCUT2D eigenvalue weighted by atomic mass is 10.1. The van der Waals surface area contributed by atoms with Crippen molar-refractivity contribution in [1.29, 1.82) is 0 Å². The Morgan fingerprint density at radius 3 is 2.16 bits per heavy atom. The van der Waals surface area contributed by atoms with Crippen LogP contribution in [-0.4, -0.2) is 57.9 Å². The minimum Gasteiger partial charge on any atom is -0.497 e. The van der Waals surface area contributed by atoms with E-state index in [1.807, 2.05) is 53.1 Å². The van der Waals surface area contributed by atoms with E-state index >= 15 is 0 Å². The average molecular weight is 518 g/mol. The SMILES string of the molecule is COc1ccc(-c2nnc(SCC(=O)N/N=C/c3ccc(C(=O)O)cc3)n2-c2ccc(OC)cc2)cc1. The molecular weight excluding hydrogens is 494 g/mol. The molecule has 10 nitrogen and oxygen atoms in total. The fourth-order valence-corrected chi connectivity index (χ4v) is 4.05. The standard InChI is InChI=1S/C26H23N5O5S/c1-35-21-11-7-18(8-12-21)24-29-30-26(31(24)20-9-13-22(36-2)14-10-20)37-16-23(32)28-27-15-17-3-5-19(6-4-17)25(33)34/h3-15H,16H2,1-2H3,(H,28,32)(H,33,34)/b27-15+. The monoisotopic (exact) mass is 517 g/mol. The molecule has 0 bridgehead atoms. The van der Waals surface area contributed by atoms with Gasteiger partial charge in [-0.3, -0.25) is 9.36 Å². The summed E-state index contributed by atoms with van der Waals surface area (Å²) in [5.74, 6) is 0.756. The molecule has 0 radical (unpaired) electrons. The van der Waals surface area contributed by atoms with E-state index in [9.17, 15) is 9.59 Å². The summed E-state index contributed by atoms with van der Waals surface area (Å²) in [7, 11) is 3.21. The molecule has 0 saturated heterocycles. The molecule has 1 heterocycles. The predicted molar refractivity (Wildman–Crippen MR) is 140 cm³/mol. The molecule has 188 valence electrons. The number of methoxy groups -OCH3 is 2. The van der Waals surface area contributed by atoms with Gasteiger partial charge in [0, 0.05) is 11.3 Å². The van der Waals surface area contributed by atoms with Gasteiger partial charge >= 0.3 is 5.97 Å². The summed E-state index contributed by atoms with van der Waals surface area (Å²) in [4.78, 5) is 23.4. The van der Waals surface area contributed by atoms with E-state index in [0.29, 0.717) is 22.3 Å². The highest BCUT2D eigenvalue weighted by Gasteiger charge is 2.17. The first-order chi connectivity index (χ1) is 18.0. The molecule has 0 aliphatic carbocycles. The van der Waals surface area contributed by atoms with Gasteiger partial charge in [-0.2, -0.15) is 5.10 Å². The number of aromatic carboxylic acids is 1. The van der Waals surface area contributed by atoms with E-state index in [1.165, 1.54) is 30.1 Å². The topological polar surface area (TPSA) is 128 Å². The Kier molecular flexibility index (Phi) is 8.16. The number of thioether (sulfide) groups is 1. The Bertz CT molecular complexity index is 1400. The van der Waals surface area contributed by atoms with Crippen molar-refractivity contribution in [3.8, 4) is 28.6 Å². The average Bonchev–Trinajstić information content (AvgIpc) is 3.36. The number of nitrogens with one attached hydrogen (secondary N) is 1. The van der Waals surface area contributed by atoms with Crippen LogP contribution in [0, 0.1) is 0 Å². The third kappa shape index (κ3) is 6.33. The second-order valence-electron chi connectivity index (χ2n) is 7.58. The molecule has 0 saturated carbocycles. The van der Waals surface area contributed by atoms with Crippen LogP contribution in [0.1, 0.15) is 15.9 Å². The fourth-order valence-electron chi connectivity index (χ4n) is 3.31. The molecule has 0 spiro atoms. The van der Waals surface area contributed by atoms with Crippen LogP contribution in [0.25, 0.3) is 17.1 Å². The largest absolute Gasteiger partial charge is 0.497 e. The van der Waals surface area contributed by atoms with Crippen LogP contribution in [0.2, 0.25) is 0 Å². The molecule has 4 aromatic rings. The van der Waals surface area contributed by atoms with Crippen molar-refractivity contribution in [1.82, 2.24) is 20.2 Å². The van der Waals surface area contributed by atoms with Gasteiger partial charge in [0.25, 0.3) is 5.91 Å². The molecule has 1 aromatic heterocycles. The predicted octanol–water partition coefficient (Wildman–Crippen LogP) is 3.89. The highest BCUT2D eigenvalue weighted by Crippen LogP contribution is 2.29. The Morgan fingerprint density at radius 2 is 1.57 bits per heavy atom. The third-order valence-corrected chi connectivity index (χ3v) is 6.13. The van der Waals surface area contributed by atoms with E-state index in [2.05, 4.69) is 20.7 Å². The number of benzene rings is 3. The molecule has 0 atom stereocenters. The van der Waals surface area contributed by atoms with Gasteiger partial charge in [-0.15, -0.1) is 10.2 Å². The Hall–Kier alpha value is -4.64. The van der Waals surface area contributed by atoms with Crippen molar-refractivity contribution < 1.29 is 24.2 Å². The number of rotatable bonds is 10. The number of carbonyl (C=O) groups excluding carboxylic acids is 1. The number of nitrogens with zero attached hydrogens (tertiary/aromatic N) is 4. The lowest BCUT2D eigenvalue weighted by Gasteiger charge is -2.11. The number of carboxylic acid groups (broad SMARTS) is 1. The first-order valence-corrected chi connectivity index (χ1v) is 12.0. The molecule has 37 heavy (non-hydrogen) atoms. The lowest BCUT2D eigenvalue weighted by Crippen LogP contribution is -2.20. The molecule has 0 fully saturated rings. The first-order valence-electron chi connectivity index (χ1n) is 11.0. The van der Waals surface area contributed by atoms with Gasteiger partial charge in [0.15, 0.2) is 11.0 Å². The summed E-state index contributed by atoms with van der Waals surface area (Å²) in [5, 5.41) is 22.1. The lowest BCUT2D eigenvalue weighted by molar-refractivity contribution is -0.118. The first kappa shape index (κ1) is 25.5. The molecule has 11 heteroatoms. The fraction of sp³-hybridized carbons (Fsp3) is 0.115. The van der Waals surface area contributed by atoms with Crippen LogP contribution in [0.3, 0.4) is 0 Å². The summed E-state index contributed by atoms with van der Waals surface area (Å²) >= 11 is 1.22. The molecule has 0 aliphatic heterocycles. The maximum absolute atomic E-state index is 12.4. The zero-order valence-corrected chi connectivity index (χ0v) is 20.8. The van der Waals surface area contributed by atoms with Gasteiger partial charge in [-0.05, 0) is 66.2 Å². The summed E-state index contributed by atoms with van der Waals surface area (Å²) in [6.07, 6.45) is 1.44. The van der Waals surface area contributed by atoms with Crippen molar-refractivity contribution >= 4 is 29.9 Å². The van der Waals surface area contributed by atoms with Crippen molar-refractivity contribution in [2.24, 2.45) is 5.10 Å². The number of hydrogen-bond donors (Lipinski definition) is 2. The molecule has 3 aromatic carbocycles. The molecule has 2 N–H and O–H groups in total. The van der Waals surface area contributed by atoms with Gasteiger partial charge in [0.05, 0.1) is 31.8 Å². The molecular formula is C26H23N5O5S. The van der Waals surface area contributed by atoms with E-state index in [1.54, 1.807) is 26.4 Å². The summed E-state index contributed by atoms with van der Waals surface area (Å²) in [6, 6.07) is 21.1. The van der Waals surface area contributed by atoms with Crippen molar-refractivity contribution in [3.05, 3.63) is 83.9 Å². The van der Waals surface area contributed by atoms with Gasteiger partial charge in [-0.25, -0.2) is 10.2 Å². The van der Waals surface area contributed by atoms with Crippen LogP contribution in [0.4, 0.5) is 0 Å². The Morgan fingerprint density at radius 1 is 0.946 bits per heavy atom. The van der Waals surface area contributed by atoms with Gasteiger partial charge in [0.2, 0.25) is 0 Å². The quantitative estimate of drug-likeness (QED) is 0.184. The zero-order chi connectivity index (χ0) is 26.2. The second kappa shape index (κ2) is 11.9. The van der Waals surface area contributed by atoms with Gasteiger partial charge in [-0.1, -0.05) is 23.9 Å². The second-order valence-corrected chi connectivity index (χ2v) is 8.52. The summed E-state index contributed by atoms with van der Waals surface area (Å²) in [5.41, 5.74) is 4.94. The molecule has 1 amide bonds. The highest BCUT2D eigenvalue weighted by atomic mass is 32.2. The van der Waals surface area contributed by atoms with Crippen molar-refractivity contribution in [3.63, 3.8) is 0 Å². The van der Waals surface area contributed by atoms with Crippen LogP contribution in [0.15, 0.2) is 83.1 Å². The highest BCUT2D eigenvalue weighted by molar-refractivity contribution is 7.99. The number of carboxylic acids is 1. The smallest absolute Gasteiger partial charge is 0.335 e. The Balaban J connectivity index is 1.49. The van der Waals surface area contributed by atoms with Crippen molar-refractivity contribution in [2.75, 3.05) is 20.0 Å². The number of aromatic nitrogens is 3. The minimum atomic E-state index is -1.01. The molecule has 0 aliphatic rings. The Labute approximate surface area is 217 Å². The van der Waals surface area contributed by atoms with Crippen LogP contribution >= 0.6 is 11.8 Å². The maximum Gasteiger partial charge on any atom is 0.335 e. The zero-order valence-electron chi connectivity index (χ0n) is 20.0. The van der Waals surface area contributed by atoms with Crippen LogP contribution < -0.4 is 14.9 Å². The number of carbonyl (C=O) groups is 2. The normalized spacial score (nSPS) is 10.9. The number of ether oxygens (including phenoxy) is 2. The van der Waals surface area contributed by atoms with E-state index in [4.69, 9.17) is 14.6 Å². The van der Waals surface area contributed by atoms with E-state index < -0.39 is 5.97 Å². The van der Waals surface area contributed by atoms with E-state index in [0.717, 1.165) is 17.0 Å². The van der Waals surface area contributed by atoms with Crippen LogP contribution in [0.5, 0.6) is 11.5 Å². The number of amides is 1. The summed E-state index contributed by atoms with van der Waals surface area (Å²) < 4.78 is 12.4. The maximum atomic E-state index is 12.4.